The van der Waals surface area contributed by atoms with Crippen LogP contribution in [0.25, 0.3) is 0 Å². The van der Waals surface area contributed by atoms with E-state index in [4.69, 9.17) is 0 Å². The molecule has 2 nitrogen and oxygen atoms in total. The van der Waals surface area contributed by atoms with Gasteiger partial charge in [0.1, 0.15) is 0 Å². The predicted octanol–water partition coefficient (Wildman–Crippen LogP) is 3.86. The summed E-state index contributed by atoms with van der Waals surface area (Å²) in [4.78, 5) is 14.4. The minimum atomic E-state index is 0.234. The summed E-state index contributed by atoms with van der Waals surface area (Å²) >= 11 is 0. The average Bonchev–Trinajstić information content (AvgIpc) is 2.61. The van der Waals surface area contributed by atoms with Gasteiger partial charge in [0, 0.05) is 12.1 Å². The molecule has 1 aliphatic rings. The van der Waals surface area contributed by atoms with E-state index >= 15 is 0 Å². The van der Waals surface area contributed by atoms with Crippen molar-refractivity contribution in [2.75, 3.05) is 4.90 Å². The van der Waals surface area contributed by atoms with E-state index in [1.807, 2.05) is 23.1 Å². The third-order valence-electron chi connectivity index (χ3n) is 4.01. The maximum Gasteiger partial charge on any atom is 0.227 e. The first-order valence-corrected chi connectivity index (χ1v) is 7.18. The Morgan fingerprint density at radius 2 is 1.75 bits per heavy atom. The summed E-state index contributed by atoms with van der Waals surface area (Å²) in [6.07, 6.45) is 2.58. The standard InChI is InChI=1S/C18H19NO/c1-14-7-2-3-9-16(14)13-19-17-11-5-4-8-15(17)10-6-12-18(19)20/h2-5,7-9,11H,6,10,12-13H2,1H3. The van der Waals surface area contributed by atoms with Gasteiger partial charge in [0.25, 0.3) is 0 Å². The topological polar surface area (TPSA) is 20.3 Å². The minimum Gasteiger partial charge on any atom is -0.308 e. The number of hydrogen-bond acceptors (Lipinski definition) is 1. The molecule has 0 aliphatic carbocycles. The van der Waals surface area contributed by atoms with E-state index in [9.17, 15) is 4.79 Å². The second-order valence-electron chi connectivity index (χ2n) is 5.39. The second kappa shape index (κ2) is 5.49. The van der Waals surface area contributed by atoms with Gasteiger partial charge in [0.2, 0.25) is 5.91 Å². The zero-order valence-electron chi connectivity index (χ0n) is 11.8. The van der Waals surface area contributed by atoms with Crippen molar-refractivity contribution in [3.63, 3.8) is 0 Å². The molecule has 0 saturated heterocycles. The summed E-state index contributed by atoms with van der Waals surface area (Å²) in [7, 11) is 0. The number of carbonyl (C=O) groups is 1. The zero-order valence-corrected chi connectivity index (χ0v) is 11.8. The maximum absolute atomic E-state index is 12.4. The van der Waals surface area contributed by atoms with E-state index in [1.165, 1.54) is 16.7 Å². The Labute approximate surface area is 120 Å². The molecule has 0 radical (unpaired) electrons. The number of rotatable bonds is 2. The molecular formula is C18H19NO. The van der Waals surface area contributed by atoms with Gasteiger partial charge < -0.3 is 4.90 Å². The van der Waals surface area contributed by atoms with Crippen LogP contribution in [0.15, 0.2) is 48.5 Å². The fourth-order valence-electron chi connectivity index (χ4n) is 2.82. The Balaban J connectivity index is 1.98. The van der Waals surface area contributed by atoms with E-state index in [1.54, 1.807) is 0 Å². The van der Waals surface area contributed by atoms with Crippen LogP contribution in [0.1, 0.15) is 29.5 Å². The molecule has 3 rings (SSSR count). The average molecular weight is 265 g/mol. The first-order valence-electron chi connectivity index (χ1n) is 7.18. The molecule has 102 valence electrons. The normalized spacial score (nSPS) is 14.8. The molecule has 0 saturated carbocycles. The molecular weight excluding hydrogens is 246 g/mol. The van der Waals surface area contributed by atoms with Gasteiger partial charge >= 0.3 is 0 Å². The summed E-state index contributed by atoms with van der Waals surface area (Å²) < 4.78 is 0. The summed E-state index contributed by atoms with van der Waals surface area (Å²) in [5.41, 5.74) is 4.82. The van der Waals surface area contributed by atoms with Crippen LogP contribution < -0.4 is 4.90 Å². The van der Waals surface area contributed by atoms with Crippen LogP contribution in [0.5, 0.6) is 0 Å². The first-order chi connectivity index (χ1) is 9.75. The number of amides is 1. The smallest absolute Gasteiger partial charge is 0.227 e. The van der Waals surface area contributed by atoms with Crippen molar-refractivity contribution >= 4 is 11.6 Å². The van der Waals surface area contributed by atoms with Crippen molar-refractivity contribution in [1.29, 1.82) is 0 Å². The molecule has 20 heavy (non-hydrogen) atoms. The van der Waals surface area contributed by atoms with E-state index in [0.717, 1.165) is 18.5 Å². The van der Waals surface area contributed by atoms with Crippen LogP contribution in [0.3, 0.4) is 0 Å². The van der Waals surface area contributed by atoms with Gasteiger partial charge in [-0.1, -0.05) is 42.5 Å². The zero-order chi connectivity index (χ0) is 13.9. The minimum absolute atomic E-state index is 0.234. The third kappa shape index (κ3) is 2.46. The lowest BCUT2D eigenvalue weighted by Gasteiger charge is -2.24. The van der Waals surface area contributed by atoms with E-state index in [2.05, 4.69) is 37.3 Å². The van der Waals surface area contributed by atoms with Crippen LogP contribution in [-0.4, -0.2) is 5.91 Å². The highest BCUT2D eigenvalue weighted by molar-refractivity contribution is 5.94. The number of aryl methyl sites for hydroxylation is 2. The molecule has 2 aromatic carbocycles. The van der Waals surface area contributed by atoms with Gasteiger partial charge in [-0.3, -0.25) is 4.79 Å². The SMILES string of the molecule is Cc1ccccc1CN1C(=O)CCCc2ccccc21. The molecule has 0 fully saturated rings. The monoisotopic (exact) mass is 265 g/mol. The van der Waals surface area contributed by atoms with Crippen LogP contribution in [0, 0.1) is 6.92 Å². The Hall–Kier alpha value is -2.09. The van der Waals surface area contributed by atoms with Crippen molar-refractivity contribution < 1.29 is 4.79 Å². The van der Waals surface area contributed by atoms with Crippen molar-refractivity contribution in [3.05, 3.63) is 65.2 Å². The number of anilines is 1. The molecule has 0 bridgehead atoms. The Bertz CT molecular complexity index is 633. The molecule has 0 N–H and O–H groups in total. The summed E-state index contributed by atoms with van der Waals surface area (Å²) in [6, 6.07) is 16.6. The van der Waals surface area contributed by atoms with E-state index in [-0.39, 0.29) is 5.91 Å². The van der Waals surface area contributed by atoms with Crippen LogP contribution in [0.2, 0.25) is 0 Å². The second-order valence-corrected chi connectivity index (χ2v) is 5.39. The lowest BCUT2D eigenvalue weighted by Crippen LogP contribution is -2.29. The van der Waals surface area contributed by atoms with Crippen molar-refractivity contribution in [2.24, 2.45) is 0 Å². The first kappa shape index (κ1) is 12.9. The van der Waals surface area contributed by atoms with Crippen molar-refractivity contribution in [3.8, 4) is 0 Å². The van der Waals surface area contributed by atoms with Crippen LogP contribution in [-0.2, 0) is 17.8 Å². The van der Waals surface area contributed by atoms with Gasteiger partial charge in [-0.25, -0.2) is 0 Å². The number of fused-ring (bicyclic) bond motifs is 1. The van der Waals surface area contributed by atoms with Gasteiger partial charge in [-0.15, -0.1) is 0 Å². The predicted molar refractivity (Wildman–Crippen MR) is 81.7 cm³/mol. The molecule has 0 atom stereocenters. The Morgan fingerprint density at radius 3 is 2.60 bits per heavy atom. The van der Waals surface area contributed by atoms with E-state index in [0.29, 0.717) is 13.0 Å². The maximum atomic E-state index is 12.4. The summed E-state index contributed by atoms with van der Waals surface area (Å²) in [5, 5.41) is 0. The van der Waals surface area contributed by atoms with Crippen molar-refractivity contribution in [2.45, 2.75) is 32.7 Å². The fourth-order valence-corrected chi connectivity index (χ4v) is 2.82. The van der Waals surface area contributed by atoms with Gasteiger partial charge in [0.15, 0.2) is 0 Å². The molecule has 2 heteroatoms. The lowest BCUT2D eigenvalue weighted by atomic mass is 10.1. The Kier molecular flexibility index (Phi) is 3.55. The molecule has 0 unspecified atom stereocenters. The van der Waals surface area contributed by atoms with Gasteiger partial charge in [0.05, 0.1) is 6.54 Å². The molecule has 0 aromatic heterocycles. The molecule has 1 aliphatic heterocycles. The largest absolute Gasteiger partial charge is 0.308 e. The lowest BCUT2D eigenvalue weighted by molar-refractivity contribution is -0.118. The number of nitrogens with zero attached hydrogens (tertiary/aromatic N) is 1. The number of benzene rings is 2. The molecule has 0 spiro atoms. The quantitative estimate of drug-likeness (QED) is 0.807. The highest BCUT2D eigenvalue weighted by atomic mass is 16.2. The van der Waals surface area contributed by atoms with Crippen LogP contribution in [0.4, 0.5) is 5.69 Å². The molecule has 2 aromatic rings. The van der Waals surface area contributed by atoms with Gasteiger partial charge in [-0.05, 0) is 42.5 Å². The summed E-state index contributed by atoms with van der Waals surface area (Å²) in [5.74, 6) is 0.234. The molecule has 1 amide bonds. The Morgan fingerprint density at radius 1 is 1.00 bits per heavy atom. The highest BCUT2D eigenvalue weighted by Gasteiger charge is 2.22. The van der Waals surface area contributed by atoms with Gasteiger partial charge in [-0.2, -0.15) is 0 Å². The van der Waals surface area contributed by atoms with E-state index < -0.39 is 0 Å². The molecule has 1 heterocycles. The highest BCUT2D eigenvalue weighted by Crippen LogP contribution is 2.28. The summed E-state index contributed by atoms with van der Waals surface area (Å²) in [6.45, 7) is 2.77. The van der Waals surface area contributed by atoms with Crippen LogP contribution >= 0.6 is 0 Å². The van der Waals surface area contributed by atoms with Crippen molar-refractivity contribution in [1.82, 2.24) is 0 Å². The third-order valence-corrected chi connectivity index (χ3v) is 4.01. The number of carbonyl (C=O) groups excluding carboxylic acids is 1. The number of hydrogen-bond donors (Lipinski definition) is 0. The fraction of sp³-hybridized carbons (Fsp3) is 0.278. The number of para-hydroxylation sites is 1.